The molecule has 0 aromatic carbocycles. The molecule has 1 amide bonds. The molecule has 0 radical (unpaired) electrons. The van der Waals surface area contributed by atoms with E-state index in [0.29, 0.717) is 31.9 Å². The van der Waals surface area contributed by atoms with Gasteiger partial charge >= 0.3 is 12.1 Å². The van der Waals surface area contributed by atoms with Gasteiger partial charge in [0, 0.05) is 19.6 Å². The van der Waals surface area contributed by atoms with Gasteiger partial charge in [-0.05, 0) is 53.9 Å². The highest BCUT2D eigenvalue weighted by atomic mass is 16.6. The summed E-state index contributed by atoms with van der Waals surface area (Å²) in [5.74, 6) is -0.568. The number of amides is 1. The van der Waals surface area contributed by atoms with Crippen LogP contribution in [0.15, 0.2) is 4.99 Å². The normalized spacial score (nSPS) is 13.3. The van der Waals surface area contributed by atoms with E-state index in [9.17, 15) is 14.7 Å². The number of carboxylic acids is 1. The zero-order chi connectivity index (χ0) is 18.8. The SMILES string of the molecule is CCN=C(N)N(CC)CCCC[C@@H](NC(=O)OC(C)(C)C)C(=O)O. The lowest BCUT2D eigenvalue weighted by Gasteiger charge is -2.23. The van der Waals surface area contributed by atoms with Gasteiger partial charge in [-0.15, -0.1) is 0 Å². The molecule has 0 aliphatic heterocycles. The van der Waals surface area contributed by atoms with Gasteiger partial charge in [0.1, 0.15) is 11.6 Å². The number of hydrogen-bond donors (Lipinski definition) is 3. The van der Waals surface area contributed by atoms with Crippen LogP contribution in [0, 0.1) is 0 Å². The number of alkyl carbamates (subject to hydrolysis) is 1. The number of nitrogens with one attached hydrogen (secondary N) is 1. The number of carbonyl (C=O) groups is 2. The molecular weight excluding hydrogens is 312 g/mol. The van der Waals surface area contributed by atoms with Crippen LogP contribution < -0.4 is 11.1 Å². The molecule has 0 aliphatic rings. The van der Waals surface area contributed by atoms with Gasteiger partial charge in [-0.3, -0.25) is 4.99 Å². The second kappa shape index (κ2) is 10.7. The number of carbonyl (C=O) groups excluding carboxylic acids is 1. The lowest BCUT2D eigenvalue weighted by atomic mass is 10.1. The highest BCUT2D eigenvalue weighted by Crippen LogP contribution is 2.09. The number of guanidine groups is 1. The van der Waals surface area contributed by atoms with E-state index >= 15 is 0 Å². The van der Waals surface area contributed by atoms with E-state index in [1.807, 2.05) is 18.7 Å². The minimum atomic E-state index is -1.07. The fraction of sp³-hybridized carbons (Fsp3) is 0.812. The zero-order valence-corrected chi connectivity index (χ0v) is 15.5. The molecule has 8 nitrogen and oxygen atoms in total. The summed E-state index contributed by atoms with van der Waals surface area (Å²) < 4.78 is 5.08. The van der Waals surface area contributed by atoms with Crippen LogP contribution in [0.25, 0.3) is 0 Å². The van der Waals surface area contributed by atoms with E-state index in [-0.39, 0.29) is 0 Å². The molecular formula is C16H32N4O4. The average Bonchev–Trinajstić information content (AvgIpc) is 2.44. The fourth-order valence-corrected chi connectivity index (χ4v) is 2.05. The van der Waals surface area contributed by atoms with Crippen LogP contribution in [0.3, 0.4) is 0 Å². The molecule has 1 atom stereocenters. The number of aliphatic imine (C=N–C) groups is 1. The van der Waals surface area contributed by atoms with Gasteiger partial charge in [0.2, 0.25) is 0 Å². The molecule has 0 unspecified atom stereocenters. The van der Waals surface area contributed by atoms with Gasteiger partial charge in [0.25, 0.3) is 0 Å². The number of nitrogens with two attached hydrogens (primary N) is 1. The Labute approximate surface area is 144 Å². The average molecular weight is 344 g/mol. The second-order valence-corrected chi connectivity index (χ2v) is 6.45. The fourth-order valence-electron chi connectivity index (χ4n) is 2.05. The maximum atomic E-state index is 11.7. The number of unbranched alkanes of at least 4 members (excludes halogenated alkanes) is 1. The lowest BCUT2D eigenvalue weighted by Crippen LogP contribution is -2.43. The van der Waals surface area contributed by atoms with Crippen molar-refractivity contribution in [3.63, 3.8) is 0 Å². The number of rotatable bonds is 9. The Hall–Kier alpha value is -1.99. The van der Waals surface area contributed by atoms with Crippen molar-refractivity contribution in [3.05, 3.63) is 0 Å². The first-order valence-corrected chi connectivity index (χ1v) is 8.37. The molecule has 8 heteroatoms. The first-order valence-electron chi connectivity index (χ1n) is 8.37. The molecule has 0 aliphatic carbocycles. The van der Waals surface area contributed by atoms with Gasteiger partial charge in [0.05, 0.1) is 0 Å². The Kier molecular flexibility index (Phi) is 9.83. The van der Waals surface area contributed by atoms with Crippen molar-refractivity contribution in [2.75, 3.05) is 19.6 Å². The van der Waals surface area contributed by atoms with Crippen molar-refractivity contribution >= 4 is 18.0 Å². The summed E-state index contributed by atoms with van der Waals surface area (Å²) in [5, 5.41) is 11.6. The van der Waals surface area contributed by atoms with Crippen molar-refractivity contribution in [2.45, 2.75) is 65.5 Å². The molecule has 0 rings (SSSR count). The maximum Gasteiger partial charge on any atom is 0.408 e. The summed E-state index contributed by atoms with van der Waals surface area (Å²) in [5.41, 5.74) is 5.20. The predicted octanol–water partition coefficient (Wildman–Crippen LogP) is 1.79. The zero-order valence-electron chi connectivity index (χ0n) is 15.5. The topological polar surface area (TPSA) is 117 Å². The first kappa shape index (κ1) is 22.0. The Morgan fingerprint density at radius 1 is 1.29 bits per heavy atom. The predicted molar refractivity (Wildman–Crippen MR) is 94.1 cm³/mol. The van der Waals surface area contributed by atoms with E-state index in [1.54, 1.807) is 20.8 Å². The third kappa shape index (κ3) is 9.91. The molecule has 0 saturated heterocycles. The largest absolute Gasteiger partial charge is 0.480 e. The third-order valence-corrected chi connectivity index (χ3v) is 3.19. The van der Waals surface area contributed by atoms with E-state index < -0.39 is 23.7 Å². The van der Waals surface area contributed by atoms with Crippen molar-refractivity contribution in [1.29, 1.82) is 0 Å². The standard InChI is InChI=1S/C16H32N4O4/c1-6-18-14(17)20(7-2)11-9-8-10-12(13(21)22)19-15(23)24-16(3,4)5/h12H,6-11H2,1-5H3,(H2,17,18)(H,19,23)(H,21,22)/t12-/m1/s1. The Bertz CT molecular complexity index is 432. The summed E-state index contributed by atoms with van der Waals surface area (Å²) in [6.45, 7) is 11.2. The Morgan fingerprint density at radius 3 is 2.38 bits per heavy atom. The second-order valence-electron chi connectivity index (χ2n) is 6.45. The van der Waals surface area contributed by atoms with Crippen molar-refractivity contribution < 1.29 is 19.4 Å². The number of aliphatic carboxylic acids is 1. The van der Waals surface area contributed by atoms with Crippen LogP contribution in [0.5, 0.6) is 0 Å². The van der Waals surface area contributed by atoms with Crippen LogP contribution in [-0.4, -0.2) is 59.3 Å². The highest BCUT2D eigenvalue weighted by molar-refractivity contribution is 5.80. The lowest BCUT2D eigenvalue weighted by molar-refractivity contribution is -0.139. The number of hydrogen-bond acceptors (Lipinski definition) is 4. The van der Waals surface area contributed by atoms with Crippen LogP contribution in [-0.2, 0) is 9.53 Å². The van der Waals surface area contributed by atoms with Gasteiger partial charge in [-0.2, -0.15) is 0 Å². The van der Waals surface area contributed by atoms with Crippen molar-refractivity contribution in [1.82, 2.24) is 10.2 Å². The smallest absolute Gasteiger partial charge is 0.408 e. The molecule has 24 heavy (non-hydrogen) atoms. The third-order valence-electron chi connectivity index (χ3n) is 3.19. The van der Waals surface area contributed by atoms with Crippen molar-refractivity contribution in [2.24, 2.45) is 10.7 Å². The Morgan fingerprint density at radius 2 is 1.92 bits per heavy atom. The molecule has 140 valence electrons. The summed E-state index contributed by atoms with van der Waals surface area (Å²) in [6.07, 6.45) is 1.01. The number of nitrogens with zero attached hydrogens (tertiary/aromatic N) is 2. The van der Waals surface area contributed by atoms with Gasteiger partial charge in [0.15, 0.2) is 5.96 Å². The van der Waals surface area contributed by atoms with Crippen molar-refractivity contribution in [3.8, 4) is 0 Å². The van der Waals surface area contributed by atoms with Gasteiger partial charge in [-0.1, -0.05) is 0 Å². The first-order chi connectivity index (χ1) is 11.1. The van der Waals surface area contributed by atoms with Crippen LogP contribution in [0.2, 0.25) is 0 Å². The summed E-state index contributed by atoms with van der Waals surface area (Å²) >= 11 is 0. The number of carboxylic acid groups (broad SMARTS) is 1. The van der Waals surface area contributed by atoms with Gasteiger partial charge in [-0.25, -0.2) is 9.59 Å². The van der Waals surface area contributed by atoms with E-state index in [0.717, 1.165) is 13.0 Å². The van der Waals surface area contributed by atoms with Crippen LogP contribution >= 0.6 is 0 Å². The summed E-state index contributed by atoms with van der Waals surface area (Å²) in [6, 6.07) is -0.961. The van der Waals surface area contributed by atoms with Gasteiger partial charge < -0.3 is 25.8 Å². The molecule has 0 spiro atoms. The van der Waals surface area contributed by atoms with E-state index in [2.05, 4.69) is 10.3 Å². The quantitative estimate of drug-likeness (QED) is 0.333. The number of ether oxygens (including phenoxy) is 1. The maximum absolute atomic E-state index is 11.7. The monoisotopic (exact) mass is 344 g/mol. The van der Waals surface area contributed by atoms with E-state index in [1.165, 1.54) is 0 Å². The van der Waals surface area contributed by atoms with E-state index in [4.69, 9.17) is 10.5 Å². The molecule has 0 saturated carbocycles. The van der Waals surface area contributed by atoms with Crippen LogP contribution in [0.1, 0.15) is 53.9 Å². The summed E-state index contributed by atoms with van der Waals surface area (Å²) in [7, 11) is 0. The molecule has 0 aromatic heterocycles. The minimum absolute atomic E-state index is 0.330. The molecule has 4 N–H and O–H groups in total. The molecule has 0 fully saturated rings. The molecule has 0 heterocycles. The summed E-state index contributed by atoms with van der Waals surface area (Å²) in [4.78, 5) is 29.1. The molecule has 0 bridgehead atoms. The van der Waals surface area contributed by atoms with Crippen LogP contribution in [0.4, 0.5) is 4.79 Å². The molecule has 0 aromatic rings. The Balaban J connectivity index is 4.34. The highest BCUT2D eigenvalue weighted by Gasteiger charge is 2.23. The minimum Gasteiger partial charge on any atom is -0.480 e.